The molecule has 162 valence electrons. The molecule has 0 spiro atoms. The first kappa shape index (κ1) is 23.4. The van der Waals surface area contributed by atoms with Gasteiger partial charge in [-0.15, -0.1) is 0 Å². The number of benzene rings is 2. The number of sulfone groups is 1. The van der Waals surface area contributed by atoms with Gasteiger partial charge in [0.15, 0.2) is 5.96 Å². The van der Waals surface area contributed by atoms with Crippen molar-refractivity contribution in [2.75, 3.05) is 19.1 Å². The maximum absolute atomic E-state index is 12.3. The summed E-state index contributed by atoms with van der Waals surface area (Å²) < 4.78 is 28.0. The van der Waals surface area contributed by atoms with Gasteiger partial charge in [-0.2, -0.15) is 0 Å². The number of ether oxygens (including phenoxy) is 1. The molecule has 1 atom stereocenters. The lowest BCUT2D eigenvalue weighted by Gasteiger charge is -2.17. The Kier molecular flexibility index (Phi) is 8.86. The third-order valence-electron chi connectivity index (χ3n) is 4.36. The van der Waals surface area contributed by atoms with Crippen molar-refractivity contribution >= 4 is 21.8 Å². The summed E-state index contributed by atoms with van der Waals surface area (Å²) in [5, 5.41) is 6.34. The van der Waals surface area contributed by atoms with Crippen molar-refractivity contribution in [1.29, 1.82) is 0 Å². The average molecular weight is 432 g/mol. The van der Waals surface area contributed by atoms with Gasteiger partial charge in [0.1, 0.15) is 16.4 Å². The number of guanidine groups is 1. The minimum Gasteiger partial charge on any atom is -0.457 e. The van der Waals surface area contributed by atoms with E-state index in [-0.39, 0.29) is 24.4 Å². The van der Waals surface area contributed by atoms with Crippen LogP contribution in [0.2, 0.25) is 0 Å². The number of esters is 1. The third-order valence-corrected chi connectivity index (χ3v) is 5.34. The number of nitrogens with one attached hydrogen (secondary N) is 2. The van der Waals surface area contributed by atoms with Crippen LogP contribution in [0.25, 0.3) is 0 Å². The van der Waals surface area contributed by atoms with Gasteiger partial charge in [0.25, 0.3) is 0 Å². The molecule has 30 heavy (non-hydrogen) atoms. The highest BCUT2D eigenvalue weighted by molar-refractivity contribution is 7.90. The molecule has 2 rings (SSSR count). The highest BCUT2D eigenvalue weighted by Crippen LogP contribution is 2.09. The van der Waals surface area contributed by atoms with Crippen LogP contribution in [0, 0.1) is 0 Å². The van der Waals surface area contributed by atoms with Crippen LogP contribution < -0.4 is 10.6 Å². The molecule has 0 radical (unpaired) electrons. The Morgan fingerprint density at radius 1 is 1.10 bits per heavy atom. The summed E-state index contributed by atoms with van der Waals surface area (Å²) in [6.45, 7) is 2.59. The maximum atomic E-state index is 12.3. The fourth-order valence-electron chi connectivity index (χ4n) is 2.69. The summed E-state index contributed by atoms with van der Waals surface area (Å²) in [5.41, 5.74) is 2.31. The summed E-state index contributed by atoms with van der Waals surface area (Å²) in [6.07, 6.45) is 1.72. The minimum atomic E-state index is -3.00. The van der Waals surface area contributed by atoms with Crippen molar-refractivity contribution in [2.24, 2.45) is 4.99 Å². The number of rotatable bonds is 9. The number of hydrogen-bond acceptors (Lipinski definition) is 5. The normalized spacial score (nSPS) is 12.8. The number of nitrogens with zero attached hydrogens (tertiary/aromatic N) is 1. The van der Waals surface area contributed by atoms with Gasteiger partial charge in [-0.1, -0.05) is 42.5 Å². The molecule has 0 bridgehead atoms. The van der Waals surface area contributed by atoms with Crippen LogP contribution in [0.5, 0.6) is 0 Å². The van der Waals surface area contributed by atoms with E-state index in [0.717, 1.165) is 11.1 Å². The lowest BCUT2D eigenvalue weighted by atomic mass is 10.1. The van der Waals surface area contributed by atoms with Crippen LogP contribution in [-0.2, 0) is 27.7 Å². The first-order chi connectivity index (χ1) is 14.3. The third kappa shape index (κ3) is 8.65. The molecule has 8 heteroatoms. The molecule has 0 saturated carbocycles. The number of hydrogen-bond donors (Lipinski definition) is 2. The van der Waals surface area contributed by atoms with Crippen molar-refractivity contribution in [2.45, 2.75) is 32.5 Å². The summed E-state index contributed by atoms with van der Waals surface area (Å²) >= 11 is 0. The first-order valence-corrected chi connectivity index (χ1v) is 11.8. The SMILES string of the molecule is CN=C(NCc1cccc(C(=O)OCc2ccccc2)c1)NC(C)CCS(C)(=O)=O. The van der Waals surface area contributed by atoms with Gasteiger partial charge >= 0.3 is 5.97 Å². The molecule has 0 aliphatic carbocycles. The number of carbonyl (C=O) groups is 1. The largest absolute Gasteiger partial charge is 0.457 e. The van der Waals surface area contributed by atoms with Crippen molar-refractivity contribution in [3.05, 3.63) is 71.3 Å². The Labute approximate surface area is 178 Å². The van der Waals surface area contributed by atoms with Crippen LogP contribution in [0.1, 0.15) is 34.8 Å². The second-order valence-electron chi connectivity index (χ2n) is 7.15. The molecule has 0 saturated heterocycles. The van der Waals surface area contributed by atoms with Gasteiger partial charge in [-0.05, 0) is 36.6 Å². The zero-order valence-electron chi connectivity index (χ0n) is 17.6. The lowest BCUT2D eigenvalue weighted by molar-refractivity contribution is 0.0472. The highest BCUT2D eigenvalue weighted by Gasteiger charge is 2.11. The van der Waals surface area contributed by atoms with Crippen LogP contribution in [0.15, 0.2) is 59.6 Å². The van der Waals surface area contributed by atoms with Gasteiger partial charge in [0.05, 0.1) is 11.3 Å². The van der Waals surface area contributed by atoms with Gasteiger partial charge in [0.2, 0.25) is 0 Å². The Hall–Kier alpha value is -2.87. The quantitative estimate of drug-likeness (QED) is 0.360. The second kappa shape index (κ2) is 11.3. The first-order valence-electron chi connectivity index (χ1n) is 9.71. The highest BCUT2D eigenvalue weighted by atomic mass is 32.2. The summed E-state index contributed by atoms with van der Waals surface area (Å²) in [6, 6.07) is 16.7. The smallest absolute Gasteiger partial charge is 0.338 e. The summed E-state index contributed by atoms with van der Waals surface area (Å²) in [4.78, 5) is 16.5. The van der Waals surface area contributed by atoms with E-state index < -0.39 is 9.84 Å². The fraction of sp³-hybridized carbons (Fsp3) is 0.364. The fourth-order valence-corrected chi connectivity index (χ4v) is 3.47. The molecule has 0 heterocycles. The second-order valence-corrected chi connectivity index (χ2v) is 9.41. The molecule has 0 fully saturated rings. The zero-order valence-corrected chi connectivity index (χ0v) is 18.4. The van der Waals surface area contributed by atoms with Gasteiger partial charge < -0.3 is 15.4 Å². The molecular formula is C22H29N3O4S. The zero-order chi connectivity index (χ0) is 22.0. The predicted molar refractivity (Wildman–Crippen MR) is 119 cm³/mol. The predicted octanol–water partition coefficient (Wildman–Crippen LogP) is 2.53. The topological polar surface area (TPSA) is 96.9 Å². The van der Waals surface area contributed by atoms with E-state index in [4.69, 9.17) is 4.74 Å². The van der Waals surface area contributed by atoms with Gasteiger partial charge in [-0.25, -0.2) is 13.2 Å². The Bertz CT molecular complexity index is 959. The minimum absolute atomic E-state index is 0.0507. The van der Waals surface area contributed by atoms with Crippen molar-refractivity contribution in [3.63, 3.8) is 0 Å². The van der Waals surface area contributed by atoms with Crippen molar-refractivity contribution in [3.8, 4) is 0 Å². The lowest BCUT2D eigenvalue weighted by Crippen LogP contribution is -2.42. The van der Waals surface area contributed by atoms with Crippen LogP contribution in [0.4, 0.5) is 0 Å². The van der Waals surface area contributed by atoms with Crippen molar-refractivity contribution in [1.82, 2.24) is 10.6 Å². The van der Waals surface area contributed by atoms with Crippen molar-refractivity contribution < 1.29 is 17.9 Å². The molecule has 1 unspecified atom stereocenters. The van der Waals surface area contributed by atoms with E-state index in [2.05, 4.69) is 15.6 Å². The van der Waals surface area contributed by atoms with E-state index in [1.807, 2.05) is 43.3 Å². The average Bonchev–Trinajstić information content (AvgIpc) is 2.74. The Morgan fingerprint density at radius 2 is 1.80 bits per heavy atom. The molecule has 2 aromatic rings. The monoisotopic (exact) mass is 431 g/mol. The Balaban J connectivity index is 1.87. The number of aliphatic imine (C=N–C) groups is 1. The number of carbonyl (C=O) groups excluding carboxylic acids is 1. The van der Waals surface area contributed by atoms with E-state index in [0.29, 0.717) is 24.5 Å². The van der Waals surface area contributed by atoms with Crippen LogP contribution >= 0.6 is 0 Å². The van der Waals surface area contributed by atoms with Gasteiger partial charge in [-0.3, -0.25) is 4.99 Å². The van der Waals surface area contributed by atoms with E-state index in [9.17, 15) is 13.2 Å². The standard InChI is InChI=1S/C22H29N3O4S/c1-17(12-13-30(3,27)28)25-22(23-2)24-15-19-10-7-11-20(14-19)21(26)29-16-18-8-5-4-6-9-18/h4-11,14,17H,12-13,15-16H2,1-3H3,(H2,23,24,25). The summed E-state index contributed by atoms with van der Waals surface area (Å²) in [5.74, 6) is 0.302. The van der Waals surface area contributed by atoms with Gasteiger partial charge in [0, 0.05) is 25.9 Å². The Morgan fingerprint density at radius 3 is 2.47 bits per heavy atom. The van der Waals surface area contributed by atoms with Crippen LogP contribution in [-0.4, -0.2) is 45.4 Å². The van der Waals surface area contributed by atoms with Crippen LogP contribution in [0.3, 0.4) is 0 Å². The van der Waals surface area contributed by atoms with E-state index in [1.165, 1.54) is 6.26 Å². The molecule has 7 nitrogen and oxygen atoms in total. The molecule has 0 amide bonds. The molecule has 0 aromatic heterocycles. The molecular weight excluding hydrogens is 402 g/mol. The molecule has 2 N–H and O–H groups in total. The van der Waals surface area contributed by atoms with E-state index in [1.54, 1.807) is 25.2 Å². The summed E-state index contributed by atoms with van der Waals surface area (Å²) in [7, 11) is -1.35. The molecule has 2 aromatic carbocycles. The maximum Gasteiger partial charge on any atom is 0.338 e. The van der Waals surface area contributed by atoms with E-state index >= 15 is 0 Å². The molecule has 0 aliphatic heterocycles. The molecule has 0 aliphatic rings.